The van der Waals surface area contributed by atoms with Crippen molar-refractivity contribution in [2.24, 2.45) is 0 Å². The van der Waals surface area contributed by atoms with E-state index in [2.05, 4.69) is 4.98 Å². The lowest BCUT2D eigenvalue weighted by molar-refractivity contribution is 0.0213. The molecule has 1 heterocycles. The van der Waals surface area contributed by atoms with E-state index in [0.29, 0.717) is 5.56 Å². The fraction of sp³-hybridized carbons (Fsp3) is 0.412. The number of rotatable bonds is 2. The Bertz CT molecular complexity index is 630. The first-order valence-electron chi connectivity index (χ1n) is 7.31. The van der Waals surface area contributed by atoms with Gasteiger partial charge in [0.25, 0.3) is 0 Å². The zero-order valence-corrected chi connectivity index (χ0v) is 11.8. The van der Waals surface area contributed by atoms with E-state index in [9.17, 15) is 4.79 Å². The number of aryl methyl sites for hydroxylation is 1. The van der Waals surface area contributed by atoms with Crippen LogP contribution >= 0.6 is 0 Å². The SMILES string of the molecule is Cc1cc(C(=O)OC2CCCCC2)c2ccccc2n1. The molecule has 20 heavy (non-hydrogen) atoms. The molecule has 2 aromatic rings. The molecule has 0 amide bonds. The van der Waals surface area contributed by atoms with Crippen molar-refractivity contribution < 1.29 is 9.53 Å². The number of pyridine rings is 1. The van der Waals surface area contributed by atoms with Crippen LogP contribution in [0.3, 0.4) is 0 Å². The third-order valence-corrected chi connectivity index (χ3v) is 3.89. The number of para-hydroxylation sites is 1. The van der Waals surface area contributed by atoms with Gasteiger partial charge in [-0.3, -0.25) is 4.98 Å². The Morgan fingerprint density at radius 2 is 1.95 bits per heavy atom. The molecule has 1 saturated carbocycles. The van der Waals surface area contributed by atoms with Crippen LogP contribution < -0.4 is 0 Å². The van der Waals surface area contributed by atoms with E-state index in [0.717, 1.165) is 42.3 Å². The zero-order chi connectivity index (χ0) is 13.9. The van der Waals surface area contributed by atoms with Crippen LogP contribution in [0.1, 0.15) is 48.2 Å². The van der Waals surface area contributed by atoms with E-state index in [-0.39, 0.29) is 12.1 Å². The van der Waals surface area contributed by atoms with Crippen molar-refractivity contribution in [1.82, 2.24) is 4.98 Å². The van der Waals surface area contributed by atoms with Crippen molar-refractivity contribution in [2.45, 2.75) is 45.1 Å². The summed E-state index contributed by atoms with van der Waals surface area (Å²) in [6.45, 7) is 1.91. The van der Waals surface area contributed by atoms with Crippen molar-refractivity contribution in [3.8, 4) is 0 Å². The van der Waals surface area contributed by atoms with Crippen LogP contribution in [-0.4, -0.2) is 17.1 Å². The first-order valence-corrected chi connectivity index (χ1v) is 7.31. The van der Waals surface area contributed by atoms with Gasteiger partial charge in [0.15, 0.2) is 0 Å². The lowest BCUT2D eigenvalue weighted by Crippen LogP contribution is -2.21. The highest BCUT2D eigenvalue weighted by Gasteiger charge is 2.20. The summed E-state index contributed by atoms with van der Waals surface area (Å²) in [6, 6.07) is 9.55. The van der Waals surface area contributed by atoms with Gasteiger partial charge in [-0.05, 0) is 44.7 Å². The minimum atomic E-state index is -0.210. The minimum absolute atomic E-state index is 0.0866. The molecular formula is C17H19NO2. The van der Waals surface area contributed by atoms with Gasteiger partial charge in [0.05, 0.1) is 11.1 Å². The molecule has 0 bridgehead atoms. The number of esters is 1. The van der Waals surface area contributed by atoms with Gasteiger partial charge in [-0.15, -0.1) is 0 Å². The van der Waals surface area contributed by atoms with Crippen LogP contribution in [0.15, 0.2) is 30.3 Å². The number of ether oxygens (including phenoxy) is 1. The summed E-state index contributed by atoms with van der Waals surface area (Å²) in [4.78, 5) is 16.9. The predicted molar refractivity (Wildman–Crippen MR) is 78.8 cm³/mol. The lowest BCUT2D eigenvalue weighted by Gasteiger charge is -2.22. The van der Waals surface area contributed by atoms with Crippen molar-refractivity contribution in [1.29, 1.82) is 0 Å². The summed E-state index contributed by atoms with van der Waals surface area (Å²) in [5.41, 5.74) is 2.33. The molecule has 0 atom stereocenters. The molecule has 1 aliphatic rings. The van der Waals surface area contributed by atoms with Crippen LogP contribution in [0.2, 0.25) is 0 Å². The van der Waals surface area contributed by atoms with Crippen molar-refractivity contribution in [3.05, 3.63) is 41.6 Å². The quantitative estimate of drug-likeness (QED) is 0.773. The van der Waals surface area contributed by atoms with E-state index < -0.39 is 0 Å². The molecule has 1 aliphatic carbocycles. The molecule has 3 nitrogen and oxygen atoms in total. The Morgan fingerprint density at radius 3 is 2.75 bits per heavy atom. The van der Waals surface area contributed by atoms with Gasteiger partial charge in [-0.25, -0.2) is 4.79 Å². The van der Waals surface area contributed by atoms with Crippen LogP contribution in [-0.2, 0) is 4.74 Å². The van der Waals surface area contributed by atoms with Crippen LogP contribution in [0.25, 0.3) is 10.9 Å². The second kappa shape index (κ2) is 5.61. The van der Waals surface area contributed by atoms with Crippen LogP contribution in [0.4, 0.5) is 0 Å². The van der Waals surface area contributed by atoms with Gasteiger partial charge < -0.3 is 4.74 Å². The molecule has 0 radical (unpaired) electrons. The predicted octanol–water partition coefficient (Wildman–Crippen LogP) is 4.03. The second-order valence-corrected chi connectivity index (χ2v) is 5.49. The van der Waals surface area contributed by atoms with Gasteiger partial charge in [0.2, 0.25) is 0 Å². The maximum absolute atomic E-state index is 12.4. The third-order valence-electron chi connectivity index (χ3n) is 3.89. The molecule has 1 aromatic heterocycles. The number of fused-ring (bicyclic) bond motifs is 1. The molecule has 3 heteroatoms. The summed E-state index contributed by atoms with van der Waals surface area (Å²) < 4.78 is 5.67. The molecule has 1 aromatic carbocycles. The van der Waals surface area contributed by atoms with E-state index in [4.69, 9.17) is 4.74 Å². The minimum Gasteiger partial charge on any atom is -0.459 e. The maximum Gasteiger partial charge on any atom is 0.339 e. The van der Waals surface area contributed by atoms with Gasteiger partial charge in [0.1, 0.15) is 6.10 Å². The standard InChI is InChI=1S/C17H19NO2/c1-12-11-15(14-9-5-6-10-16(14)18-12)17(19)20-13-7-3-2-4-8-13/h5-6,9-11,13H,2-4,7-8H2,1H3. The van der Waals surface area contributed by atoms with Gasteiger partial charge in [-0.1, -0.05) is 24.6 Å². The zero-order valence-electron chi connectivity index (χ0n) is 11.8. The number of carbonyl (C=O) groups excluding carboxylic acids is 1. The molecule has 3 rings (SSSR count). The Labute approximate surface area is 119 Å². The first kappa shape index (κ1) is 13.1. The van der Waals surface area contributed by atoms with E-state index in [1.807, 2.05) is 37.3 Å². The van der Waals surface area contributed by atoms with E-state index >= 15 is 0 Å². The number of hydrogen-bond acceptors (Lipinski definition) is 3. The summed E-state index contributed by atoms with van der Waals surface area (Å²) in [5.74, 6) is -0.210. The summed E-state index contributed by atoms with van der Waals surface area (Å²) >= 11 is 0. The number of hydrogen-bond donors (Lipinski definition) is 0. The monoisotopic (exact) mass is 269 g/mol. The Hall–Kier alpha value is -1.90. The average Bonchev–Trinajstić information content (AvgIpc) is 2.47. The highest BCUT2D eigenvalue weighted by molar-refractivity contribution is 6.03. The lowest BCUT2D eigenvalue weighted by atomic mass is 9.97. The highest BCUT2D eigenvalue weighted by Crippen LogP contribution is 2.24. The molecule has 0 unspecified atom stereocenters. The summed E-state index contributed by atoms with van der Waals surface area (Å²) in [6.07, 6.45) is 5.65. The van der Waals surface area contributed by atoms with Crippen molar-refractivity contribution in [2.75, 3.05) is 0 Å². The Kier molecular flexibility index (Phi) is 3.68. The molecule has 0 saturated heterocycles. The molecule has 1 fully saturated rings. The Balaban J connectivity index is 1.90. The third kappa shape index (κ3) is 2.67. The van der Waals surface area contributed by atoms with Gasteiger partial charge in [0, 0.05) is 11.1 Å². The van der Waals surface area contributed by atoms with Crippen molar-refractivity contribution in [3.63, 3.8) is 0 Å². The van der Waals surface area contributed by atoms with Crippen LogP contribution in [0.5, 0.6) is 0 Å². The van der Waals surface area contributed by atoms with Gasteiger partial charge >= 0.3 is 5.97 Å². The largest absolute Gasteiger partial charge is 0.459 e. The average molecular weight is 269 g/mol. The molecule has 0 spiro atoms. The second-order valence-electron chi connectivity index (χ2n) is 5.49. The van der Waals surface area contributed by atoms with E-state index in [1.54, 1.807) is 0 Å². The van der Waals surface area contributed by atoms with Gasteiger partial charge in [-0.2, -0.15) is 0 Å². The maximum atomic E-state index is 12.4. The number of aromatic nitrogens is 1. The summed E-state index contributed by atoms with van der Waals surface area (Å²) in [7, 11) is 0. The van der Waals surface area contributed by atoms with E-state index in [1.165, 1.54) is 6.42 Å². The number of carbonyl (C=O) groups is 1. The smallest absolute Gasteiger partial charge is 0.339 e. The van der Waals surface area contributed by atoms with Crippen molar-refractivity contribution >= 4 is 16.9 Å². The first-order chi connectivity index (χ1) is 9.74. The fourth-order valence-electron chi connectivity index (χ4n) is 2.87. The highest BCUT2D eigenvalue weighted by atomic mass is 16.5. The normalized spacial score (nSPS) is 16.2. The molecule has 104 valence electrons. The molecule has 0 N–H and O–H groups in total. The Morgan fingerprint density at radius 1 is 1.20 bits per heavy atom. The fourth-order valence-corrected chi connectivity index (χ4v) is 2.87. The topological polar surface area (TPSA) is 39.2 Å². The number of nitrogens with zero attached hydrogens (tertiary/aromatic N) is 1. The molecular weight excluding hydrogens is 250 g/mol. The summed E-state index contributed by atoms with van der Waals surface area (Å²) in [5, 5.41) is 0.874. The molecule has 0 aliphatic heterocycles. The van der Waals surface area contributed by atoms with Crippen LogP contribution in [0, 0.1) is 6.92 Å². The number of benzene rings is 1.